The normalized spacial score (nSPS) is 10.4. The molecule has 0 atom stereocenters. The molecule has 0 aliphatic rings. The van der Waals surface area contributed by atoms with Crippen LogP contribution in [0.15, 0.2) is 18.2 Å². The molecule has 0 spiro atoms. The summed E-state index contributed by atoms with van der Waals surface area (Å²) in [5.74, 6) is 0.687. The van der Waals surface area contributed by atoms with E-state index < -0.39 is 5.97 Å². The zero-order valence-electron chi connectivity index (χ0n) is 12.3. The fraction of sp³-hybridized carbons (Fsp3) is 0.333. The summed E-state index contributed by atoms with van der Waals surface area (Å²) in [7, 11) is 1.56. The third-order valence-electron chi connectivity index (χ3n) is 2.99. The van der Waals surface area contributed by atoms with E-state index in [0.29, 0.717) is 29.6 Å². The number of hydrogen-bond acceptors (Lipinski definition) is 4. The van der Waals surface area contributed by atoms with Crippen LogP contribution < -0.4 is 9.47 Å². The lowest BCUT2D eigenvalue weighted by Crippen LogP contribution is -1.99. The van der Waals surface area contributed by atoms with E-state index in [2.05, 4.69) is 9.97 Å². The predicted octanol–water partition coefficient (Wildman–Crippen LogP) is 2.88. The smallest absolute Gasteiger partial charge is 0.356 e. The SMILES string of the molecule is CCCOc1ccc(-c2nc(C(=O)O)c(C)[nH]2)cc1OC. The maximum Gasteiger partial charge on any atom is 0.356 e. The number of ether oxygens (including phenoxy) is 2. The van der Waals surface area contributed by atoms with Gasteiger partial charge in [-0.15, -0.1) is 0 Å². The van der Waals surface area contributed by atoms with Crippen molar-refractivity contribution in [1.29, 1.82) is 0 Å². The Hall–Kier alpha value is -2.50. The van der Waals surface area contributed by atoms with Crippen LogP contribution in [-0.4, -0.2) is 34.8 Å². The van der Waals surface area contributed by atoms with Crippen molar-refractivity contribution in [1.82, 2.24) is 9.97 Å². The minimum atomic E-state index is -1.05. The standard InChI is InChI=1S/C15H18N2O4/c1-4-7-21-11-6-5-10(8-12(11)20-3)14-16-9(2)13(17-14)15(18)19/h5-6,8H,4,7H2,1-3H3,(H,16,17)(H,18,19). The minimum Gasteiger partial charge on any atom is -0.493 e. The van der Waals surface area contributed by atoms with Crippen LogP contribution in [0.4, 0.5) is 0 Å². The number of rotatable bonds is 6. The summed E-state index contributed by atoms with van der Waals surface area (Å²) in [5, 5.41) is 9.04. The molecule has 0 aliphatic carbocycles. The molecule has 1 heterocycles. The van der Waals surface area contributed by atoms with Crippen LogP contribution in [0, 0.1) is 6.92 Å². The number of benzene rings is 1. The van der Waals surface area contributed by atoms with Gasteiger partial charge in [0.05, 0.1) is 13.7 Å². The first-order chi connectivity index (χ1) is 10.1. The van der Waals surface area contributed by atoms with Gasteiger partial charge in [-0.05, 0) is 31.5 Å². The van der Waals surface area contributed by atoms with Crippen molar-refractivity contribution in [2.75, 3.05) is 13.7 Å². The Balaban J connectivity index is 2.36. The van der Waals surface area contributed by atoms with E-state index >= 15 is 0 Å². The lowest BCUT2D eigenvalue weighted by molar-refractivity contribution is 0.0690. The molecule has 112 valence electrons. The molecule has 0 radical (unpaired) electrons. The van der Waals surface area contributed by atoms with Gasteiger partial charge in [0.2, 0.25) is 0 Å². The van der Waals surface area contributed by atoms with Crippen molar-refractivity contribution in [3.63, 3.8) is 0 Å². The quantitative estimate of drug-likeness (QED) is 0.854. The molecule has 6 heteroatoms. The van der Waals surface area contributed by atoms with Gasteiger partial charge in [-0.3, -0.25) is 0 Å². The summed E-state index contributed by atoms with van der Waals surface area (Å²) in [6.07, 6.45) is 0.907. The van der Waals surface area contributed by atoms with Gasteiger partial charge in [0.25, 0.3) is 0 Å². The Kier molecular flexibility index (Phi) is 4.47. The average Bonchev–Trinajstić information content (AvgIpc) is 2.87. The molecular formula is C15H18N2O4. The maximum atomic E-state index is 11.0. The topological polar surface area (TPSA) is 84.4 Å². The number of methoxy groups -OCH3 is 1. The van der Waals surface area contributed by atoms with Gasteiger partial charge in [0.1, 0.15) is 5.82 Å². The van der Waals surface area contributed by atoms with E-state index in [-0.39, 0.29) is 5.69 Å². The van der Waals surface area contributed by atoms with Crippen LogP contribution in [0.5, 0.6) is 11.5 Å². The summed E-state index contributed by atoms with van der Waals surface area (Å²) in [4.78, 5) is 18.1. The maximum absolute atomic E-state index is 11.0. The zero-order valence-corrected chi connectivity index (χ0v) is 12.3. The van der Waals surface area contributed by atoms with Gasteiger partial charge in [0.15, 0.2) is 17.2 Å². The largest absolute Gasteiger partial charge is 0.493 e. The van der Waals surface area contributed by atoms with Crippen molar-refractivity contribution in [2.24, 2.45) is 0 Å². The molecular weight excluding hydrogens is 272 g/mol. The summed E-state index contributed by atoms with van der Waals surface area (Å²) in [5.41, 5.74) is 1.28. The second-order valence-corrected chi connectivity index (χ2v) is 4.58. The van der Waals surface area contributed by atoms with Gasteiger partial charge in [-0.1, -0.05) is 6.92 Å². The van der Waals surface area contributed by atoms with E-state index in [0.717, 1.165) is 12.0 Å². The highest BCUT2D eigenvalue weighted by atomic mass is 16.5. The van der Waals surface area contributed by atoms with Gasteiger partial charge in [-0.25, -0.2) is 9.78 Å². The highest BCUT2D eigenvalue weighted by molar-refractivity contribution is 5.87. The monoisotopic (exact) mass is 290 g/mol. The number of carbonyl (C=O) groups is 1. The number of carboxylic acids is 1. The molecule has 2 N–H and O–H groups in total. The summed E-state index contributed by atoms with van der Waals surface area (Å²) in [6.45, 7) is 4.31. The number of nitrogens with zero attached hydrogens (tertiary/aromatic N) is 1. The third kappa shape index (κ3) is 3.16. The van der Waals surface area contributed by atoms with E-state index in [1.165, 1.54) is 0 Å². The molecule has 0 fully saturated rings. The van der Waals surface area contributed by atoms with Crippen molar-refractivity contribution in [2.45, 2.75) is 20.3 Å². The summed E-state index contributed by atoms with van der Waals surface area (Å²) in [6, 6.07) is 5.38. The molecule has 1 aromatic heterocycles. The molecule has 0 bridgehead atoms. The van der Waals surface area contributed by atoms with Crippen LogP contribution in [0.2, 0.25) is 0 Å². The molecule has 6 nitrogen and oxygen atoms in total. The Morgan fingerprint density at radius 3 is 2.71 bits per heavy atom. The van der Waals surface area contributed by atoms with Crippen LogP contribution in [0.1, 0.15) is 29.5 Å². The van der Waals surface area contributed by atoms with Crippen molar-refractivity contribution >= 4 is 5.97 Å². The molecule has 0 saturated heterocycles. The van der Waals surface area contributed by atoms with E-state index in [9.17, 15) is 4.79 Å². The van der Waals surface area contributed by atoms with E-state index in [1.807, 2.05) is 13.0 Å². The van der Waals surface area contributed by atoms with Crippen LogP contribution >= 0.6 is 0 Å². The number of aromatic amines is 1. The van der Waals surface area contributed by atoms with Crippen LogP contribution in [0.25, 0.3) is 11.4 Å². The van der Waals surface area contributed by atoms with E-state index in [1.54, 1.807) is 26.2 Å². The minimum absolute atomic E-state index is 0.0234. The number of aryl methyl sites for hydroxylation is 1. The fourth-order valence-corrected chi connectivity index (χ4v) is 1.95. The first-order valence-corrected chi connectivity index (χ1v) is 6.68. The summed E-state index contributed by atoms with van der Waals surface area (Å²) >= 11 is 0. The van der Waals surface area contributed by atoms with Gasteiger partial charge < -0.3 is 19.6 Å². The second-order valence-electron chi connectivity index (χ2n) is 4.58. The van der Waals surface area contributed by atoms with E-state index in [4.69, 9.17) is 14.6 Å². The number of aromatic carboxylic acids is 1. The first kappa shape index (κ1) is 14.9. The molecule has 1 aromatic carbocycles. The highest BCUT2D eigenvalue weighted by Gasteiger charge is 2.15. The van der Waals surface area contributed by atoms with Crippen LogP contribution in [-0.2, 0) is 0 Å². The number of imidazole rings is 1. The Morgan fingerprint density at radius 1 is 1.38 bits per heavy atom. The van der Waals surface area contributed by atoms with Crippen molar-refractivity contribution in [3.8, 4) is 22.9 Å². The lowest BCUT2D eigenvalue weighted by atomic mass is 10.2. The molecule has 0 amide bonds. The van der Waals surface area contributed by atoms with Crippen molar-refractivity contribution in [3.05, 3.63) is 29.6 Å². The third-order valence-corrected chi connectivity index (χ3v) is 2.99. The second kappa shape index (κ2) is 6.30. The van der Waals surface area contributed by atoms with Crippen molar-refractivity contribution < 1.29 is 19.4 Å². The Morgan fingerprint density at radius 2 is 2.14 bits per heavy atom. The van der Waals surface area contributed by atoms with Crippen LogP contribution in [0.3, 0.4) is 0 Å². The lowest BCUT2D eigenvalue weighted by Gasteiger charge is -2.10. The zero-order chi connectivity index (χ0) is 15.4. The Bertz CT molecular complexity index is 649. The molecule has 2 aromatic rings. The number of nitrogens with one attached hydrogen (secondary N) is 1. The van der Waals surface area contributed by atoms with Gasteiger partial charge in [0, 0.05) is 11.3 Å². The molecule has 21 heavy (non-hydrogen) atoms. The molecule has 2 rings (SSSR count). The average molecular weight is 290 g/mol. The molecule has 0 aliphatic heterocycles. The van der Waals surface area contributed by atoms with Gasteiger partial charge >= 0.3 is 5.97 Å². The highest BCUT2D eigenvalue weighted by Crippen LogP contribution is 2.32. The molecule has 0 saturated carbocycles. The number of carboxylic acid groups (broad SMARTS) is 1. The number of hydrogen-bond donors (Lipinski definition) is 2. The van der Waals surface area contributed by atoms with Gasteiger partial charge in [-0.2, -0.15) is 0 Å². The summed E-state index contributed by atoms with van der Waals surface area (Å²) < 4.78 is 10.9. The fourth-order valence-electron chi connectivity index (χ4n) is 1.95. The first-order valence-electron chi connectivity index (χ1n) is 6.68. The molecule has 0 unspecified atom stereocenters. The number of aromatic nitrogens is 2. The number of H-pyrrole nitrogens is 1. The predicted molar refractivity (Wildman–Crippen MR) is 78.1 cm³/mol. The Labute approximate surface area is 122 Å².